The van der Waals surface area contributed by atoms with Crippen LogP contribution in [0.15, 0.2) is 41.3 Å². The maximum atomic E-state index is 12.9. The summed E-state index contributed by atoms with van der Waals surface area (Å²) in [6, 6.07) is 9.89. The van der Waals surface area contributed by atoms with E-state index in [0.717, 1.165) is 41.6 Å². The van der Waals surface area contributed by atoms with Crippen molar-refractivity contribution in [2.45, 2.75) is 29.8 Å². The fraction of sp³-hybridized carbons (Fsp3) is 0.381. The summed E-state index contributed by atoms with van der Waals surface area (Å²) in [5.74, 6) is -1.21. The molecule has 0 bridgehead atoms. The van der Waals surface area contributed by atoms with E-state index >= 15 is 0 Å². The number of carboxylic acids is 1. The van der Waals surface area contributed by atoms with E-state index in [-0.39, 0.29) is 5.02 Å². The summed E-state index contributed by atoms with van der Waals surface area (Å²) < 4.78 is 40.9. The van der Waals surface area contributed by atoms with Gasteiger partial charge in [-0.1, -0.05) is 17.7 Å². The first-order valence-corrected chi connectivity index (χ1v) is 10.8. The molecule has 160 valence electrons. The van der Waals surface area contributed by atoms with Gasteiger partial charge in [0.15, 0.2) is 0 Å². The van der Waals surface area contributed by atoms with Crippen molar-refractivity contribution >= 4 is 35.2 Å². The van der Waals surface area contributed by atoms with Crippen molar-refractivity contribution in [2.75, 3.05) is 31.1 Å². The molecular weight excluding hydrogens is 437 g/mol. The molecule has 1 N–H and O–H groups in total. The lowest BCUT2D eigenvalue weighted by atomic mass is 10.0. The predicted octanol–water partition coefficient (Wildman–Crippen LogP) is 5.30. The molecule has 0 saturated carbocycles. The summed E-state index contributed by atoms with van der Waals surface area (Å²) in [4.78, 5) is 14.5. The number of aliphatic carboxylic acids is 1. The molecule has 4 rings (SSSR count). The first-order valence-electron chi connectivity index (χ1n) is 9.62. The van der Waals surface area contributed by atoms with Crippen LogP contribution in [0.5, 0.6) is 0 Å². The Morgan fingerprint density at radius 1 is 1.10 bits per heavy atom. The fourth-order valence-corrected chi connectivity index (χ4v) is 5.25. The van der Waals surface area contributed by atoms with E-state index in [1.54, 1.807) is 11.9 Å². The molecule has 1 saturated heterocycles. The number of carboxylic acid groups (broad SMARTS) is 1. The van der Waals surface area contributed by atoms with Crippen molar-refractivity contribution in [1.29, 1.82) is 0 Å². The summed E-state index contributed by atoms with van der Waals surface area (Å²) in [5.41, 5.74) is 1.87. The number of rotatable bonds is 4. The Hall–Kier alpha value is -1.90. The maximum absolute atomic E-state index is 12.9. The van der Waals surface area contributed by atoms with Gasteiger partial charge in [-0.25, -0.2) is 4.31 Å². The van der Waals surface area contributed by atoms with E-state index in [9.17, 15) is 23.1 Å². The zero-order valence-electron chi connectivity index (χ0n) is 16.0. The first-order chi connectivity index (χ1) is 14.2. The van der Waals surface area contributed by atoms with E-state index < -0.39 is 23.6 Å². The Balaban J connectivity index is 1.38. The summed E-state index contributed by atoms with van der Waals surface area (Å²) in [5, 5.41) is 9.11. The molecule has 2 aromatic carbocycles. The second-order valence-electron chi connectivity index (χ2n) is 7.46. The zero-order chi connectivity index (χ0) is 21.5. The summed E-state index contributed by atoms with van der Waals surface area (Å²) in [6.07, 6.45) is -3.01. The molecule has 1 heterocycles. The van der Waals surface area contributed by atoms with Crippen molar-refractivity contribution in [2.24, 2.45) is 0 Å². The first kappa shape index (κ1) is 21.3. The number of alkyl halides is 3. The van der Waals surface area contributed by atoms with Gasteiger partial charge in [0.25, 0.3) is 0 Å². The molecule has 30 heavy (non-hydrogen) atoms. The van der Waals surface area contributed by atoms with Crippen molar-refractivity contribution in [3.63, 3.8) is 0 Å². The number of piperazine rings is 1. The van der Waals surface area contributed by atoms with Gasteiger partial charge < -0.3 is 10.0 Å². The topological polar surface area (TPSA) is 43.8 Å². The number of hydrogen-bond donors (Lipinski definition) is 1. The molecule has 2 aromatic rings. The second kappa shape index (κ2) is 8.32. The van der Waals surface area contributed by atoms with E-state index in [4.69, 9.17) is 11.6 Å². The SMILES string of the molecule is O=C(O)C1CCc2ccc(SN3CCN(c4ccc(C(F)(F)F)c(Cl)c4)CC3)cc21. The zero-order valence-corrected chi connectivity index (χ0v) is 17.5. The molecule has 1 atom stereocenters. The second-order valence-corrected chi connectivity index (χ2v) is 9.04. The standard InChI is InChI=1S/C21H20ClF3N2O2S/c22-19-11-14(3-6-18(19)21(23,24)25)26-7-9-27(10-8-26)30-15-4-1-13-2-5-16(20(28)29)17(13)12-15/h1,3-4,6,11-12,16H,2,5,7-10H2,(H,28,29). The minimum atomic E-state index is -4.46. The van der Waals surface area contributed by atoms with Crippen molar-refractivity contribution in [3.05, 3.63) is 58.1 Å². The minimum Gasteiger partial charge on any atom is -0.481 e. The van der Waals surface area contributed by atoms with E-state index in [1.165, 1.54) is 12.1 Å². The molecule has 0 spiro atoms. The lowest BCUT2D eigenvalue weighted by Gasteiger charge is -2.35. The van der Waals surface area contributed by atoms with Gasteiger partial charge in [0.05, 0.1) is 16.5 Å². The van der Waals surface area contributed by atoms with Crippen LogP contribution in [0.25, 0.3) is 0 Å². The van der Waals surface area contributed by atoms with Gasteiger partial charge in [0, 0.05) is 36.8 Å². The molecule has 0 amide bonds. The lowest BCUT2D eigenvalue weighted by molar-refractivity contribution is -0.139. The van der Waals surface area contributed by atoms with Gasteiger partial charge >= 0.3 is 12.1 Å². The summed E-state index contributed by atoms with van der Waals surface area (Å²) in [7, 11) is 0. The Labute approximate surface area is 181 Å². The molecule has 1 aliphatic heterocycles. The minimum absolute atomic E-state index is 0.289. The van der Waals surface area contributed by atoms with Crippen LogP contribution in [0, 0.1) is 0 Å². The number of halogens is 4. The molecule has 1 unspecified atom stereocenters. The number of aryl methyl sites for hydroxylation is 1. The fourth-order valence-electron chi connectivity index (χ4n) is 4.01. The normalized spacial score (nSPS) is 19.7. The average Bonchev–Trinajstić information content (AvgIpc) is 3.11. The molecule has 0 radical (unpaired) electrons. The van der Waals surface area contributed by atoms with Crippen LogP contribution in [-0.4, -0.2) is 41.6 Å². The third-order valence-electron chi connectivity index (χ3n) is 5.59. The molecule has 9 heteroatoms. The Bertz CT molecular complexity index is 962. The molecule has 1 fully saturated rings. The van der Waals surface area contributed by atoms with Crippen molar-refractivity contribution in [1.82, 2.24) is 4.31 Å². The van der Waals surface area contributed by atoms with Gasteiger partial charge in [-0.05, 0) is 66.2 Å². The van der Waals surface area contributed by atoms with E-state index in [1.807, 2.05) is 23.1 Å². The third-order valence-corrected chi connectivity index (χ3v) is 6.99. The van der Waals surface area contributed by atoms with Crippen LogP contribution in [0.1, 0.15) is 29.0 Å². The number of anilines is 1. The summed E-state index contributed by atoms with van der Waals surface area (Å²) >= 11 is 7.44. The number of nitrogens with zero attached hydrogens (tertiary/aromatic N) is 2. The number of fused-ring (bicyclic) bond motifs is 1. The van der Waals surface area contributed by atoms with Crippen LogP contribution in [0.4, 0.5) is 18.9 Å². The number of carbonyl (C=O) groups is 1. The Morgan fingerprint density at radius 2 is 1.83 bits per heavy atom. The molecule has 4 nitrogen and oxygen atoms in total. The van der Waals surface area contributed by atoms with Crippen molar-refractivity contribution in [3.8, 4) is 0 Å². The van der Waals surface area contributed by atoms with E-state index in [0.29, 0.717) is 25.2 Å². The van der Waals surface area contributed by atoms with Gasteiger partial charge in [0.1, 0.15) is 0 Å². The Kier molecular flexibility index (Phi) is 5.92. The Morgan fingerprint density at radius 3 is 2.47 bits per heavy atom. The third kappa shape index (κ3) is 4.40. The van der Waals surface area contributed by atoms with Crippen LogP contribution in [-0.2, 0) is 17.4 Å². The number of hydrogen-bond acceptors (Lipinski definition) is 4. The molecule has 1 aliphatic carbocycles. The average molecular weight is 457 g/mol. The monoisotopic (exact) mass is 456 g/mol. The maximum Gasteiger partial charge on any atom is 0.417 e. The van der Waals surface area contributed by atoms with Gasteiger partial charge in [0.2, 0.25) is 0 Å². The van der Waals surface area contributed by atoms with Gasteiger partial charge in [-0.3, -0.25) is 4.79 Å². The van der Waals surface area contributed by atoms with Crippen molar-refractivity contribution < 1.29 is 23.1 Å². The molecule has 0 aromatic heterocycles. The highest BCUT2D eigenvalue weighted by Crippen LogP contribution is 2.38. The summed E-state index contributed by atoms with van der Waals surface area (Å²) in [6.45, 7) is 2.78. The quantitative estimate of drug-likeness (QED) is 0.632. The highest BCUT2D eigenvalue weighted by molar-refractivity contribution is 7.97. The van der Waals surface area contributed by atoms with Crippen LogP contribution in [0.2, 0.25) is 5.02 Å². The largest absolute Gasteiger partial charge is 0.481 e. The lowest BCUT2D eigenvalue weighted by Crippen LogP contribution is -2.43. The predicted molar refractivity (Wildman–Crippen MR) is 111 cm³/mol. The smallest absolute Gasteiger partial charge is 0.417 e. The highest BCUT2D eigenvalue weighted by atomic mass is 35.5. The van der Waals surface area contributed by atoms with Gasteiger partial charge in [-0.2, -0.15) is 13.2 Å². The van der Waals surface area contributed by atoms with Crippen LogP contribution in [0.3, 0.4) is 0 Å². The molecular formula is C21H20ClF3N2O2S. The highest BCUT2D eigenvalue weighted by Gasteiger charge is 2.33. The van der Waals surface area contributed by atoms with Crippen LogP contribution < -0.4 is 4.90 Å². The number of benzene rings is 2. The van der Waals surface area contributed by atoms with Crippen LogP contribution >= 0.6 is 23.5 Å². The molecule has 2 aliphatic rings. The van der Waals surface area contributed by atoms with E-state index in [2.05, 4.69) is 4.31 Å². The van der Waals surface area contributed by atoms with Gasteiger partial charge in [-0.15, -0.1) is 0 Å².